The second kappa shape index (κ2) is 10.1. The molecule has 0 aliphatic rings. The van der Waals surface area contributed by atoms with E-state index in [-0.39, 0.29) is 4.83 Å². The zero-order chi connectivity index (χ0) is 21.6. The van der Waals surface area contributed by atoms with Crippen molar-refractivity contribution in [3.8, 4) is 0 Å². The summed E-state index contributed by atoms with van der Waals surface area (Å²) in [5.41, 5.74) is -4.23. The van der Waals surface area contributed by atoms with Crippen LogP contribution in [0.5, 0.6) is 0 Å². The van der Waals surface area contributed by atoms with E-state index in [0.717, 1.165) is 23.9 Å². The van der Waals surface area contributed by atoms with Gasteiger partial charge in [-0.15, -0.1) is 0 Å². The molecule has 0 spiro atoms. The third-order valence-electron chi connectivity index (χ3n) is 3.83. The van der Waals surface area contributed by atoms with Crippen LogP contribution in [0.25, 0.3) is 0 Å². The molecule has 0 bridgehead atoms. The second-order valence-corrected chi connectivity index (χ2v) is 8.04. The summed E-state index contributed by atoms with van der Waals surface area (Å²) in [5, 5.41) is 10.2. The molecule has 1 unspecified atom stereocenters. The van der Waals surface area contributed by atoms with Gasteiger partial charge in [0.1, 0.15) is 0 Å². The van der Waals surface area contributed by atoms with Gasteiger partial charge in [-0.1, -0.05) is 86.5 Å². The number of hydrogen-bond donors (Lipinski definition) is 1. The predicted molar refractivity (Wildman–Crippen MR) is 104 cm³/mol. The number of hydrogen-bond acceptors (Lipinski definition) is 1. The lowest BCUT2D eigenvalue weighted by Crippen LogP contribution is -2.53. The molecule has 1 N–H and O–H groups in total. The van der Waals surface area contributed by atoms with E-state index in [4.69, 9.17) is 5.11 Å². The number of benzene rings is 2. The highest BCUT2D eigenvalue weighted by Crippen LogP contribution is 2.50. The Morgan fingerprint density at radius 1 is 0.857 bits per heavy atom. The molecule has 0 aromatic heterocycles. The molecule has 1 nitrogen and oxygen atoms in total. The fraction of sp³-hybridized carbons (Fsp3) is 0.368. The molecule has 2 aromatic rings. The zero-order valence-electron chi connectivity index (χ0n) is 14.7. The molecule has 0 aliphatic carbocycles. The summed E-state index contributed by atoms with van der Waals surface area (Å²) in [4.78, 5) is -0.230. The lowest BCUT2D eigenvalue weighted by Gasteiger charge is -2.32. The lowest BCUT2D eigenvalue weighted by atomic mass is 9.91. The summed E-state index contributed by atoms with van der Waals surface area (Å²) in [5.74, 6) is 0. The van der Waals surface area contributed by atoms with Crippen LogP contribution < -0.4 is 0 Å². The van der Waals surface area contributed by atoms with Gasteiger partial charge in [-0.3, -0.25) is 0 Å². The minimum atomic E-state index is -5.85. The third-order valence-corrected chi connectivity index (χ3v) is 4.76. The molecule has 0 amide bonds. The average Bonchev–Trinajstić information content (AvgIpc) is 2.61. The fourth-order valence-electron chi connectivity index (χ4n) is 2.23. The number of halogens is 8. The first-order chi connectivity index (χ1) is 12.8. The van der Waals surface area contributed by atoms with Crippen molar-refractivity contribution in [2.75, 3.05) is 5.33 Å². The molecule has 1 atom stereocenters. The molecule has 0 fully saturated rings. The van der Waals surface area contributed by atoms with Crippen LogP contribution in [0.1, 0.15) is 28.4 Å². The Morgan fingerprint density at radius 2 is 1.32 bits per heavy atom. The molecule has 0 aliphatic heterocycles. The van der Waals surface area contributed by atoms with E-state index in [1.807, 2.05) is 6.07 Å². The van der Waals surface area contributed by atoms with Crippen molar-refractivity contribution in [2.45, 2.75) is 36.1 Å². The Morgan fingerprint density at radius 3 is 1.68 bits per heavy atom. The summed E-state index contributed by atoms with van der Waals surface area (Å²) in [6.07, 6.45) is -10.6. The normalized spacial score (nSPS) is 13.5. The smallest absolute Gasteiger partial charge is 0.369 e. The van der Waals surface area contributed by atoms with Crippen LogP contribution >= 0.6 is 31.9 Å². The Kier molecular flexibility index (Phi) is 9.02. The predicted octanol–water partition coefficient (Wildman–Crippen LogP) is 7.08. The van der Waals surface area contributed by atoms with Crippen LogP contribution in [-0.4, -0.2) is 22.8 Å². The van der Waals surface area contributed by atoms with Gasteiger partial charge < -0.3 is 5.11 Å². The van der Waals surface area contributed by atoms with E-state index in [0.29, 0.717) is 17.7 Å². The molecule has 2 aromatic carbocycles. The van der Waals surface area contributed by atoms with Crippen molar-refractivity contribution in [2.24, 2.45) is 0 Å². The number of alkyl halides is 8. The number of rotatable bonds is 4. The minimum Gasteiger partial charge on any atom is -0.369 e. The van der Waals surface area contributed by atoms with Crippen molar-refractivity contribution < 1.29 is 31.4 Å². The molecule has 0 radical (unpaired) electrons. The first-order valence-corrected chi connectivity index (χ1v) is 10.1. The zero-order valence-corrected chi connectivity index (χ0v) is 17.8. The van der Waals surface area contributed by atoms with Gasteiger partial charge in [-0.2, -0.15) is 26.3 Å². The quantitative estimate of drug-likeness (QED) is 0.327. The maximum atomic E-state index is 12.6. The molecule has 0 heterocycles. The molecule has 2 rings (SSSR count). The summed E-state index contributed by atoms with van der Waals surface area (Å²) < 4.78 is 75.4. The van der Waals surface area contributed by atoms with Gasteiger partial charge in [0, 0.05) is 15.7 Å². The first-order valence-electron chi connectivity index (χ1n) is 8.04. The van der Waals surface area contributed by atoms with E-state index in [9.17, 15) is 26.3 Å². The van der Waals surface area contributed by atoms with Gasteiger partial charge in [0.15, 0.2) is 0 Å². The molecule has 28 heavy (non-hydrogen) atoms. The lowest BCUT2D eigenvalue weighted by molar-refractivity contribution is -0.376. The molecular weight excluding hydrogens is 518 g/mol. The summed E-state index contributed by atoms with van der Waals surface area (Å²) in [6.45, 7) is 1.66. The van der Waals surface area contributed by atoms with Gasteiger partial charge in [0.2, 0.25) is 0 Å². The van der Waals surface area contributed by atoms with Crippen molar-refractivity contribution in [1.29, 1.82) is 0 Å². The minimum absolute atomic E-state index is 0.230. The monoisotopic (exact) mass is 534 g/mol. The topological polar surface area (TPSA) is 20.2 Å². The molecule has 156 valence electrons. The molecule has 9 heteroatoms. The van der Waals surface area contributed by atoms with Gasteiger partial charge in [-0.05, 0) is 24.5 Å². The second-order valence-electron chi connectivity index (χ2n) is 5.87. The van der Waals surface area contributed by atoms with Crippen LogP contribution in [-0.2, 0) is 12.0 Å². The maximum absolute atomic E-state index is 12.6. The summed E-state index contributed by atoms with van der Waals surface area (Å²) >= 11 is 6.52. The highest BCUT2D eigenvalue weighted by molar-refractivity contribution is 9.09. The van der Waals surface area contributed by atoms with E-state index in [1.165, 1.54) is 5.56 Å². The van der Waals surface area contributed by atoms with Crippen molar-refractivity contribution in [1.82, 2.24) is 0 Å². The average molecular weight is 536 g/mol. The van der Waals surface area contributed by atoms with Crippen LogP contribution in [0.3, 0.4) is 0 Å². The highest BCUT2D eigenvalue weighted by Gasteiger charge is 2.71. The summed E-state index contributed by atoms with van der Waals surface area (Å²) in [6, 6.07) is 13.9. The Bertz CT molecular complexity index is 698. The Labute approximate surface area is 176 Å². The first kappa shape index (κ1) is 25.0. The van der Waals surface area contributed by atoms with E-state index in [1.54, 1.807) is 6.92 Å². The van der Waals surface area contributed by atoms with E-state index < -0.39 is 23.5 Å². The molecule has 0 saturated carbocycles. The third kappa shape index (κ3) is 6.22. The largest absolute Gasteiger partial charge is 0.430 e. The molecular formula is C19H18Br2F6O. The van der Waals surface area contributed by atoms with Gasteiger partial charge in [0.05, 0.1) is 0 Å². The Hall–Kier alpha value is -1.06. The van der Waals surface area contributed by atoms with Crippen LogP contribution in [0.15, 0.2) is 54.6 Å². The van der Waals surface area contributed by atoms with Crippen molar-refractivity contribution in [3.05, 3.63) is 71.3 Å². The van der Waals surface area contributed by atoms with Crippen LogP contribution in [0.2, 0.25) is 0 Å². The Balaban J connectivity index is 0.000000362. The van der Waals surface area contributed by atoms with Crippen LogP contribution in [0, 0.1) is 0 Å². The van der Waals surface area contributed by atoms with Crippen LogP contribution in [0.4, 0.5) is 26.3 Å². The molecule has 0 saturated heterocycles. The van der Waals surface area contributed by atoms with Gasteiger partial charge in [-0.25, -0.2) is 0 Å². The van der Waals surface area contributed by atoms with Crippen molar-refractivity contribution in [3.63, 3.8) is 0 Å². The highest BCUT2D eigenvalue weighted by atomic mass is 79.9. The number of aryl methyl sites for hydroxylation is 1. The van der Waals surface area contributed by atoms with Crippen molar-refractivity contribution >= 4 is 31.9 Å². The SMILES string of the molecule is BrCCc1ccccc1.CC(Br)c1ccc(C(O)(C(F)(F)F)C(F)(F)F)cc1. The van der Waals surface area contributed by atoms with Gasteiger partial charge in [0.25, 0.3) is 5.60 Å². The van der Waals surface area contributed by atoms with Gasteiger partial charge >= 0.3 is 12.4 Å². The van der Waals surface area contributed by atoms with E-state index in [2.05, 4.69) is 56.1 Å². The number of aliphatic hydroxyl groups is 1. The summed E-state index contributed by atoms with van der Waals surface area (Å²) in [7, 11) is 0. The maximum Gasteiger partial charge on any atom is 0.430 e. The standard InChI is InChI=1S/C11H9BrF6O.C8H9Br/c1-6(12)7-2-4-8(5-3-7)9(19,10(13,14)15)11(16,17)18;9-7-6-8-4-2-1-3-5-8/h2-6,19H,1H3;1-5H,6-7H2. The van der Waals surface area contributed by atoms with E-state index >= 15 is 0 Å². The fourth-order valence-corrected chi connectivity index (χ4v) is 2.99.